The van der Waals surface area contributed by atoms with Crippen LogP contribution in [-0.4, -0.2) is 34.7 Å². The lowest BCUT2D eigenvalue weighted by Gasteiger charge is -2.23. The number of hydrogen-bond acceptors (Lipinski definition) is 4. The number of aryl methyl sites for hydroxylation is 1. The molecule has 3 heterocycles. The van der Waals surface area contributed by atoms with Crippen molar-refractivity contribution in [3.63, 3.8) is 0 Å². The Morgan fingerprint density at radius 2 is 2.40 bits per heavy atom. The fraction of sp³-hybridized carbons (Fsp3) is 0.600. The third-order valence-electron chi connectivity index (χ3n) is 3.91. The minimum absolute atomic E-state index is 0.537. The summed E-state index contributed by atoms with van der Waals surface area (Å²) in [5.41, 5.74) is 3.10. The molecule has 1 unspecified atom stereocenters. The molecule has 5 nitrogen and oxygen atoms in total. The summed E-state index contributed by atoms with van der Waals surface area (Å²) in [6.07, 6.45) is 4.44. The van der Waals surface area contributed by atoms with Gasteiger partial charge in [0.15, 0.2) is 5.65 Å². The first-order valence-electron chi connectivity index (χ1n) is 7.29. The van der Waals surface area contributed by atoms with Crippen LogP contribution in [0.4, 0.5) is 0 Å². The highest BCUT2D eigenvalue weighted by Gasteiger charge is 2.18. The van der Waals surface area contributed by atoms with Gasteiger partial charge in [-0.3, -0.25) is 0 Å². The Labute approximate surface area is 119 Å². The molecule has 0 saturated carbocycles. The van der Waals surface area contributed by atoms with Crippen molar-refractivity contribution in [2.75, 3.05) is 20.2 Å². The summed E-state index contributed by atoms with van der Waals surface area (Å²) < 4.78 is 7.52. The van der Waals surface area contributed by atoms with Crippen LogP contribution in [0, 0.1) is 12.8 Å². The Hall–Kier alpha value is -1.46. The van der Waals surface area contributed by atoms with Crippen molar-refractivity contribution in [2.24, 2.45) is 5.92 Å². The predicted octanol–water partition coefficient (Wildman–Crippen LogP) is 1.89. The third-order valence-corrected chi connectivity index (χ3v) is 3.91. The summed E-state index contributed by atoms with van der Waals surface area (Å²) in [5.74, 6) is 1.63. The van der Waals surface area contributed by atoms with E-state index in [1.807, 2.05) is 13.1 Å². The normalized spacial score (nSPS) is 19.6. The topological polar surface area (TPSA) is 52.0 Å². The van der Waals surface area contributed by atoms with Gasteiger partial charge in [-0.1, -0.05) is 0 Å². The monoisotopic (exact) mass is 274 g/mol. The Morgan fingerprint density at radius 1 is 1.50 bits per heavy atom. The summed E-state index contributed by atoms with van der Waals surface area (Å²) in [4.78, 5) is 9.26. The zero-order chi connectivity index (χ0) is 13.9. The number of piperidine rings is 1. The molecule has 3 rings (SSSR count). The average Bonchev–Trinajstić information content (AvgIpc) is 2.77. The molecular formula is C15H22N4O. The maximum atomic E-state index is 5.29. The van der Waals surface area contributed by atoms with Crippen molar-refractivity contribution in [1.29, 1.82) is 0 Å². The molecule has 0 spiro atoms. The van der Waals surface area contributed by atoms with E-state index in [2.05, 4.69) is 25.9 Å². The highest BCUT2D eigenvalue weighted by Crippen LogP contribution is 2.20. The number of methoxy groups -OCH3 is 1. The number of hydrogen-bond donors (Lipinski definition) is 1. The summed E-state index contributed by atoms with van der Waals surface area (Å²) in [6, 6.07) is 2.09. The van der Waals surface area contributed by atoms with Crippen LogP contribution in [0.2, 0.25) is 0 Å². The molecule has 0 bridgehead atoms. The van der Waals surface area contributed by atoms with Crippen LogP contribution in [-0.2, 0) is 17.9 Å². The highest BCUT2D eigenvalue weighted by molar-refractivity contribution is 5.72. The van der Waals surface area contributed by atoms with Crippen LogP contribution in [0.25, 0.3) is 11.2 Å². The van der Waals surface area contributed by atoms with Gasteiger partial charge < -0.3 is 14.6 Å². The Kier molecular flexibility index (Phi) is 3.98. The fourth-order valence-corrected chi connectivity index (χ4v) is 2.93. The molecule has 0 aromatic carbocycles. The van der Waals surface area contributed by atoms with Gasteiger partial charge >= 0.3 is 0 Å². The smallest absolute Gasteiger partial charge is 0.160 e. The third kappa shape index (κ3) is 2.69. The largest absolute Gasteiger partial charge is 0.377 e. The zero-order valence-electron chi connectivity index (χ0n) is 12.2. The zero-order valence-corrected chi connectivity index (χ0v) is 12.2. The van der Waals surface area contributed by atoms with E-state index in [-0.39, 0.29) is 0 Å². The maximum Gasteiger partial charge on any atom is 0.160 e. The van der Waals surface area contributed by atoms with Gasteiger partial charge in [0, 0.05) is 19.9 Å². The van der Waals surface area contributed by atoms with Crippen LogP contribution in [0.1, 0.15) is 24.2 Å². The second-order valence-electron chi connectivity index (χ2n) is 5.64. The number of nitrogens with one attached hydrogen (secondary N) is 1. The Balaban J connectivity index is 1.95. The highest BCUT2D eigenvalue weighted by atomic mass is 16.5. The first kappa shape index (κ1) is 13.5. The SMILES string of the molecule is COCc1nc2cc(C)cnc2n1CC1CCCNC1. The molecule has 1 aliphatic heterocycles. The van der Waals surface area contributed by atoms with E-state index in [0.29, 0.717) is 12.5 Å². The van der Waals surface area contributed by atoms with Crippen molar-refractivity contribution in [3.05, 3.63) is 23.7 Å². The standard InChI is InChI=1S/C15H22N4O/c1-11-6-13-15(17-7-11)19(14(18-13)10-20-2)9-12-4-3-5-16-8-12/h6-7,12,16H,3-5,8-10H2,1-2H3. The van der Waals surface area contributed by atoms with Gasteiger partial charge in [-0.15, -0.1) is 0 Å². The van der Waals surface area contributed by atoms with E-state index in [9.17, 15) is 0 Å². The lowest BCUT2D eigenvalue weighted by Crippen LogP contribution is -2.32. The van der Waals surface area contributed by atoms with E-state index < -0.39 is 0 Å². The molecule has 2 aromatic heterocycles. The van der Waals surface area contributed by atoms with Crippen LogP contribution >= 0.6 is 0 Å². The van der Waals surface area contributed by atoms with E-state index in [1.165, 1.54) is 12.8 Å². The quantitative estimate of drug-likeness (QED) is 0.925. The molecule has 5 heteroatoms. The molecule has 0 radical (unpaired) electrons. The summed E-state index contributed by atoms with van der Waals surface area (Å²) in [7, 11) is 1.71. The molecule has 1 fully saturated rings. The molecule has 1 aliphatic rings. The Bertz CT molecular complexity index is 587. The molecule has 2 aromatic rings. The molecule has 20 heavy (non-hydrogen) atoms. The van der Waals surface area contributed by atoms with Crippen LogP contribution in [0.3, 0.4) is 0 Å². The minimum atomic E-state index is 0.537. The second kappa shape index (κ2) is 5.89. The number of aromatic nitrogens is 3. The number of ether oxygens (including phenoxy) is 1. The van der Waals surface area contributed by atoms with Gasteiger partial charge in [-0.05, 0) is 50.4 Å². The molecule has 1 saturated heterocycles. The van der Waals surface area contributed by atoms with E-state index >= 15 is 0 Å². The van der Waals surface area contributed by atoms with Crippen molar-refractivity contribution in [3.8, 4) is 0 Å². The Morgan fingerprint density at radius 3 is 3.15 bits per heavy atom. The van der Waals surface area contributed by atoms with Crippen molar-refractivity contribution >= 4 is 11.2 Å². The van der Waals surface area contributed by atoms with Gasteiger partial charge in [0.05, 0.1) is 0 Å². The predicted molar refractivity (Wildman–Crippen MR) is 78.6 cm³/mol. The molecule has 1 N–H and O–H groups in total. The van der Waals surface area contributed by atoms with Crippen LogP contribution in [0.15, 0.2) is 12.3 Å². The summed E-state index contributed by atoms with van der Waals surface area (Å²) in [6.45, 7) is 5.78. The van der Waals surface area contributed by atoms with Gasteiger partial charge in [-0.25, -0.2) is 9.97 Å². The molecule has 0 aliphatic carbocycles. The minimum Gasteiger partial charge on any atom is -0.377 e. The first-order valence-corrected chi connectivity index (χ1v) is 7.29. The lowest BCUT2D eigenvalue weighted by molar-refractivity contribution is 0.172. The van der Waals surface area contributed by atoms with Crippen LogP contribution in [0.5, 0.6) is 0 Å². The second-order valence-corrected chi connectivity index (χ2v) is 5.64. The summed E-state index contributed by atoms with van der Waals surface area (Å²) >= 11 is 0. The van der Waals surface area contributed by atoms with Crippen molar-refractivity contribution in [2.45, 2.75) is 32.9 Å². The van der Waals surface area contributed by atoms with Crippen molar-refractivity contribution in [1.82, 2.24) is 19.9 Å². The first-order chi connectivity index (χ1) is 9.78. The number of fused-ring (bicyclic) bond motifs is 1. The van der Waals surface area contributed by atoms with Gasteiger partial charge in [0.2, 0.25) is 0 Å². The van der Waals surface area contributed by atoms with Gasteiger partial charge in [0.25, 0.3) is 0 Å². The fourth-order valence-electron chi connectivity index (χ4n) is 2.93. The lowest BCUT2D eigenvalue weighted by atomic mass is 10.00. The van der Waals surface area contributed by atoms with Gasteiger partial charge in [-0.2, -0.15) is 0 Å². The number of imidazole rings is 1. The molecular weight excluding hydrogens is 252 g/mol. The molecule has 108 valence electrons. The number of pyridine rings is 1. The van der Waals surface area contributed by atoms with Crippen LogP contribution < -0.4 is 5.32 Å². The summed E-state index contributed by atoms with van der Waals surface area (Å²) in [5, 5.41) is 3.47. The average molecular weight is 274 g/mol. The van der Waals surface area contributed by atoms with E-state index in [4.69, 9.17) is 4.74 Å². The number of nitrogens with zero attached hydrogens (tertiary/aromatic N) is 3. The van der Waals surface area contributed by atoms with Gasteiger partial charge in [0.1, 0.15) is 17.9 Å². The molecule has 0 amide bonds. The van der Waals surface area contributed by atoms with E-state index in [1.54, 1.807) is 7.11 Å². The van der Waals surface area contributed by atoms with E-state index in [0.717, 1.165) is 42.2 Å². The molecule has 1 atom stereocenters. The number of rotatable bonds is 4. The van der Waals surface area contributed by atoms with Crippen molar-refractivity contribution < 1.29 is 4.74 Å². The maximum absolute atomic E-state index is 5.29.